The van der Waals surface area contributed by atoms with E-state index in [1.807, 2.05) is 0 Å². The maximum absolute atomic E-state index is 11.6. The predicted octanol–water partition coefficient (Wildman–Crippen LogP) is 1.93. The summed E-state index contributed by atoms with van der Waals surface area (Å²) >= 11 is 3.17. The Balaban J connectivity index is 2.66. The summed E-state index contributed by atoms with van der Waals surface area (Å²) in [6.07, 6.45) is 0. The van der Waals surface area contributed by atoms with Crippen LogP contribution in [0.15, 0.2) is 21.4 Å². The number of nitrogens with zero attached hydrogens (tertiary/aromatic N) is 1. The zero-order valence-corrected chi connectivity index (χ0v) is 11.8. The maximum Gasteiger partial charge on any atom is 0.257 e. The molecular weight excluding hydrogens is 316 g/mol. The van der Waals surface area contributed by atoms with E-state index in [-0.39, 0.29) is 28.8 Å². The van der Waals surface area contributed by atoms with Crippen LogP contribution in [-0.4, -0.2) is 27.3 Å². The molecule has 2 rings (SSSR count). The first-order valence-electron chi connectivity index (χ1n) is 5.30. The van der Waals surface area contributed by atoms with E-state index < -0.39 is 5.56 Å². The van der Waals surface area contributed by atoms with Crippen molar-refractivity contribution in [1.29, 1.82) is 0 Å². The number of aromatic hydroxyl groups is 2. The van der Waals surface area contributed by atoms with Gasteiger partial charge in [0, 0.05) is 5.56 Å². The Hall–Kier alpha value is -2.02. The summed E-state index contributed by atoms with van der Waals surface area (Å²) < 4.78 is 5.40. The van der Waals surface area contributed by atoms with Gasteiger partial charge in [-0.15, -0.1) is 0 Å². The van der Waals surface area contributed by atoms with Gasteiger partial charge in [-0.05, 0) is 35.0 Å². The molecule has 1 heterocycles. The van der Waals surface area contributed by atoms with Gasteiger partial charge in [-0.25, -0.2) is 0 Å². The van der Waals surface area contributed by atoms with Crippen LogP contribution in [0.5, 0.6) is 17.4 Å². The molecule has 100 valence electrons. The molecule has 2 aromatic rings. The Morgan fingerprint density at radius 1 is 1.37 bits per heavy atom. The third kappa shape index (κ3) is 2.41. The minimum absolute atomic E-state index is 0.0510. The number of ether oxygens (including phenoxy) is 1. The molecular formula is C12H11BrN2O4. The van der Waals surface area contributed by atoms with Crippen LogP contribution in [0.3, 0.4) is 0 Å². The minimum atomic E-state index is -0.425. The largest absolute Gasteiger partial charge is 0.503 e. The normalized spacial score (nSPS) is 10.5. The average molecular weight is 327 g/mol. The minimum Gasteiger partial charge on any atom is -0.503 e. The molecule has 0 amide bonds. The maximum atomic E-state index is 11.6. The quantitative estimate of drug-likeness (QED) is 0.783. The Bertz CT molecular complexity index is 697. The van der Waals surface area contributed by atoms with Gasteiger partial charge >= 0.3 is 0 Å². The number of phenolic OH excluding ortho intramolecular Hbond substituents is 1. The van der Waals surface area contributed by atoms with E-state index in [1.165, 1.54) is 20.1 Å². The van der Waals surface area contributed by atoms with Gasteiger partial charge < -0.3 is 19.9 Å². The first-order valence-corrected chi connectivity index (χ1v) is 6.10. The van der Waals surface area contributed by atoms with Crippen molar-refractivity contribution < 1.29 is 14.9 Å². The highest BCUT2D eigenvalue weighted by Crippen LogP contribution is 2.37. The van der Waals surface area contributed by atoms with Crippen LogP contribution < -0.4 is 10.3 Å². The zero-order valence-electron chi connectivity index (χ0n) is 10.2. The van der Waals surface area contributed by atoms with Gasteiger partial charge in [0.05, 0.1) is 17.1 Å². The first kappa shape index (κ1) is 13.4. The van der Waals surface area contributed by atoms with Crippen LogP contribution in [0.4, 0.5) is 0 Å². The Morgan fingerprint density at radius 3 is 2.63 bits per heavy atom. The van der Waals surface area contributed by atoms with E-state index in [0.717, 1.165) is 0 Å². The smallest absolute Gasteiger partial charge is 0.257 e. The van der Waals surface area contributed by atoms with Gasteiger partial charge in [0.2, 0.25) is 5.88 Å². The van der Waals surface area contributed by atoms with Crippen molar-refractivity contribution in [3.05, 3.63) is 32.5 Å². The van der Waals surface area contributed by atoms with Crippen LogP contribution in [0.25, 0.3) is 11.4 Å². The van der Waals surface area contributed by atoms with Gasteiger partial charge in [-0.2, -0.15) is 4.98 Å². The van der Waals surface area contributed by atoms with Crippen LogP contribution in [-0.2, 0) is 0 Å². The highest BCUT2D eigenvalue weighted by Gasteiger charge is 2.13. The summed E-state index contributed by atoms with van der Waals surface area (Å²) in [4.78, 5) is 18.0. The number of nitrogens with one attached hydrogen (secondary N) is 1. The van der Waals surface area contributed by atoms with E-state index in [0.29, 0.717) is 10.0 Å². The molecule has 0 spiro atoms. The Kier molecular flexibility index (Phi) is 3.48. The van der Waals surface area contributed by atoms with Gasteiger partial charge in [0.15, 0.2) is 11.5 Å². The topological polar surface area (TPSA) is 95.4 Å². The van der Waals surface area contributed by atoms with E-state index in [1.54, 1.807) is 6.07 Å². The molecule has 0 radical (unpaired) electrons. The van der Waals surface area contributed by atoms with Crippen molar-refractivity contribution in [2.45, 2.75) is 6.92 Å². The summed E-state index contributed by atoms with van der Waals surface area (Å²) in [5.41, 5.74) is 0.216. The Morgan fingerprint density at radius 2 is 2.05 bits per heavy atom. The van der Waals surface area contributed by atoms with Crippen molar-refractivity contribution in [3.8, 4) is 28.8 Å². The first-order chi connectivity index (χ1) is 8.93. The van der Waals surface area contributed by atoms with Crippen molar-refractivity contribution in [2.75, 3.05) is 7.11 Å². The van der Waals surface area contributed by atoms with Crippen LogP contribution in [0.2, 0.25) is 0 Å². The zero-order chi connectivity index (χ0) is 14.2. The standard InChI is InChI=1S/C12H11BrN2O4/c1-5-11(17)14-10(15-12(5)18)6-3-7(13)9(16)8(4-6)19-2/h3-4,16H,1-2H3,(H2,14,15,17,18). The number of halogens is 1. The number of aromatic nitrogens is 2. The highest BCUT2D eigenvalue weighted by atomic mass is 79.9. The summed E-state index contributed by atoms with van der Waals surface area (Å²) in [5.74, 6) is 0.0334. The lowest BCUT2D eigenvalue weighted by molar-refractivity contribution is 0.372. The number of benzene rings is 1. The second kappa shape index (κ2) is 4.93. The number of phenols is 1. The molecule has 7 heteroatoms. The number of methoxy groups -OCH3 is 1. The van der Waals surface area contributed by atoms with Crippen molar-refractivity contribution >= 4 is 15.9 Å². The lowest BCUT2D eigenvalue weighted by Crippen LogP contribution is -2.12. The third-order valence-corrected chi connectivity index (χ3v) is 3.25. The number of aromatic amines is 1. The van der Waals surface area contributed by atoms with Crippen molar-refractivity contribution in [1.82, 2.24) is 9.97 Å². The predicted molar refractivity (Wildman–Crippen MR) is 72.6 cm³/mol. The molecule has 0 atom stereocenters. The second-order valence-electron chi connectivity index (χ2n) is 3.87. The number of hydrogen-bond donors (Lipinski definition) is 3. The van der Waals surface area contributed by atoms with Gasteiger partial charge in [-0.3, -0.25) is 4.79 Å². The van der Waals surface area contributed by atoms with E-state index >= 15 is 0 Å². The molecule has 0 bridgehead atoms. The van der Waals surface area contributed by atoms with E-state index in [4.69, 9.17) is 4.74 Å². The number of rotatable bonds is 2. The fraction of sp³-hybridized carbons (Fsp3) is 0.167. The van der Waals surface area contributed by atoms with Crippen LogP contribution in [0, 0.1) is 6.92 Å². The van der Waals surface area contributed by atoms with Gasteiger partial charge in [-0.1, -0.05) is 0 Å². The molecule has 0 unspecified atom stereocenters. The van der Waals surface area contributed by atoms with Gasteiger partial charge in [0.1, 0.15) is 5.82 Å². The molecule has 0 aliphatic rings. The fourth-order valence-corrected chi connectivity index (χ4v) is 1.97. The molecule has 3 N–H and O–H groups in total. The molecule has 0 fully saturated rings. The molecule has 0 saturated carbocycles. The molecule has 1 aromatic heterocycles. The van der Waals surface area contributed by atoms with E-state index in [9.17, 15) is 15.0 Å². The molecule has 6 nitrogen and oxygen atoms in total. The molecule has 19 heavy (non-hydrogen) atoms. The lowest BCUT2D eigenvalue weighted by atomic mass is 10.2. The van der Waals surface area contributed by atoms with E-state index in [2.05, 4.69) is 25.9 Å². The summed E-state index contributed by atoms with van der Waals surface area (Å²) in [6.45, 7) is 1.47. The van der Waals surface area contributed by atoms with Crippen molar-refractivity contribution in [3.63, 3.8) is 0 Å². The molecule has 0 aliphatic heterocycles. The number of H-pyrrole nitrogens is 1. The second-order valence-corrected chi connectivity index (χ2v) is 4.73. The molecule has 0 aliphatic carbocycles. The Labute approximate surface area is 116 Å². The monoisotopic (exact) mass is 326 g/mol. The fourth-order valence-electron chi connectivity index (χ4n) is 1.52. The molecule has 0 saturated heterocycles. The third-order valence-electron chi connectivity index (χ3n) is 2.65. The van der Waals surface area contributed by atoms with Gasteiger partial charge in [0.25, 0.3) is 5.56 Å². The highest BCUT2D eigenvalue weighted by molar-refractivity contribution is 9.10. The summed E-state index contributed by atoms with van der Waals surface area (Å²) in [5, 5.41) is 19.3. The van der Waals surface area contributed by atoms with Crippen LogP contribution >= 0.6 is 15.9 Å². The lowest BCUT2D eigenvalue weighted by Gasteiger charge is -2.09. The summed E-state index contributed by atoms with van der Waals surface area (Å²) in [7, 11) is 1.41. The SMILES string of the molecule is COc1cc(-c2nc(O)c(C)c(=O)[nH]2)cc(Br)c1O. The average Bonchev–Trinajstić information content (AvgIpc) is 2.38. The number of hydrogen-bond acceptors (Lipinski definition) is 5. The molecule has 1 aromatic carbocycles. The van der Waals surface area contributed by atoms with Crippen molar-refractivity contribution in [2.24, 2.45) is 0 Å². The van der Waals surface area contributed by atoms with Crippen LogP contribution in [0.1, 0.15) is 5.56 Å². The summed E-state index contributed by atoms with van der Waals surface area (Å²) in [6, 6.07) is 3.07.